The van der Waals surface area contributed by atoms with Gasteiger partial charge in [-0.3, -0.25) is 9.59 Å². The molecule has 1 saturated carbocycles. The highest BCUT2D eigenvalue weighted by atomic mass is 16.2. The van der Waals surface area contributed by atoms with Crippen molar-refractivity contribution in [2.45, 2.75) is 19.8 Å². The maximum atomic E-state index is 11.8. The lowest BCUT2D eigenvalue weighted by Gasteiger charge is -2.34. The van der Waals surface area contributed by atoms with Crippen molar-refractivity contribution in [2.24, 2.45) is 5.92 Å². The van der Waals surface area contributed by atoms with Gasteiger partial charge in [-0.05, 0) is 25.8 Å². The van der Waals surface area contributed by atoms with Crippen LogP contribution in [0.3, 0.4) is 0 Å². The van der Waals surface area contributed by atoms with E-state index in [9.17, 15) is 9.59 Å². The van der Waals surface area contributed by atoms with Gasteiger partial charge in [-0.1, -0.05) is 6.08 Å². The molecule has 2 fully saturated rings. The molecule has 2 aliphatic rings. The molecule has 4 nitrogen and oxygen atoms in total. The predicted molar refractivity (Wildman–Crippen MR) is 60.7 cm³/mol. The average molecular weight is 222 g/mol. The van der Waals surface area contributed by atoms with Gasteiger partial charge in [-0.2, -0.15) is 0 Å². The van der Waals surface area contributed by atoms with Gasteiger partial charge < -0.3 is 9.80 Å². The summed E-state index contributed by atoms with van der Waals surface area (Å²) >= 11 is 0. The standard InChI is InChI=1S/C12H18N2O2/c1-2-3-11(15)13-6-8-14(9-7-13)12(16)10-4-5-10/h2-3,10H,4-9H2,1H3. The van der Waals surface area contributed by atoms with Gasteiger partial charge in [-0.25, -0.2) is 0 Å². The Bertz CT molecular complexity index is 313. The normalized spacial score (nSPS) is 21.6. The molecule has 1 aliphatic heterocycles. The number of carbonyl (C=O) groups excluding carboxylic acids is 2. The Hall–Kier alpha value is -1.32. The Labute approximate surface area is 95.9 Å². The molecule has 1 saturated heterocycles. The van der Waals surface area contributed by atoms with Gasteiger partial charge in [0.25, 0.3) is 0 Å². The first-order valence-electron chi connectivity index (χ1n) is 5.92. The molecule has 0 aromatic heterocycles. The molecule has 0 spiro atoms. The molecule has 0 radical (unpaired) electrons. The van der Waals surface area contributed by atoms with E-state index in [-0.39, 0.29) is 17.7 Å². The first kappa shape index (κ1) is 11.2. The van der Waals surface area contributed by atoms with Gasteiger partial charge in [0.15, 0.2) is 0 Å². The van der Waals surface area contributed by atoms with Crippen LogP contribution in [0.2, 0.25) is 0 Å². The molecule has 16 heavy (non-hydrogen) atoms. The summed E-state index contributed by atoms with van der Waals surface area (Å²) in [6.45, 7) is 4.56. The summed E-state index contributed by atoms with van der Waals surface area (Å²) in [7, 11) is 0. The van der Waals surface area contributed by atoms with Gasteiger partial charge in [0, 0.05) is 32.1 Å². The summed E-state index contributed by atoms with van der Waals surface area (Å²) in [5.74, 6) is 0.636. The molecule has 0 aromatic carbocycles. The molecule has 0 atom stereocenters. The molecule has 1 heterocycles. The number of amides is 2. The molecule has 0 N–H and O–H groups in total. The van der Waals surface area contributed by atoms with E-state index in [0.29, 0.717) is 26.2 Å². The lowest BCUT2D eigenvalue weighted by atomic mass is 10.2. The number of allylic oxidation sites excluding steroid dienone is 1. The predicted octanol–water partition coefficient (Wildman–Crippen LogP) is 0.643. The van der Waals surface area contributed by atoms with E-state index >= 15 is 0 Å². The Morgan fingerprint density at radius 2 is 1.62 bits per heavy atom. The van der Waals surface area contributed by atoms with Crippen molar-refractivity contribution in [3.63, 3.8) is 0 Å². The molecule has 0 aromatic rings. The Morgan fingerprint density at radius 3 is 2.12 bits per heavy atom. The topological polar surface area (TPSA) is 40.6 Å². The maximum Gasteiger partial charge on any atom is 0.246 e. The van der Waals surface area contributed by atoms with Crippen LogP contribution in [0.4, 0.5) is 0 Å². The molecule has 2 amide bonds. The lowest BCUT2D eigenvalue weighted by molar-refractivity contribution is -0.138. The van der Waals surface area contributed by atoms with Crippen LogP contribution in [-0.4, -0.2) is 47.8 Å². The van der Waals surface area contributed by atoms with Crippen LogP contribution in [0.15, 0.2) is 12.2 Å². The van der Waals surface area contributed by atoms with Crippen molar-refractivity contribution in [2.75, 3.05) is 26.2 Å². The Morgan fingerprint density at radius 1 is 1.06 bits per heavy atom. The van der Waals surface area contributed by atoms with Gasteiger partial charge in [0.05, 0.1) is 0 Å². The van der Waals surface area contributed by atoms with Crippen molar-refractivity contribution in [1.29, 1.82) is 0 Å². The van der Waals surface area contributed by atoms with Crippen molar-refractivity contribution in [3.8, 4) is 0 Å². The number of carbonyl (C=O) groups is 2. The second kappa shape index (κ2) is 4.68. The van der Waals surface area contributed by atoms with Gasteiger partial charge >= 0.3 is 0 Å². The molecule has 1 aliphatic carbocycles. The van der Waals surface area contributed by atoms with Gasteiger partial charge in [-0.15, -0.1) is 0 Å². The fourth-order valence-corrected chi connectivity index (χ4v) is 1.98. The minimum absolute atomic E-state index is 0.0565. The summed E-state index contributed by atoms with van der Waals surface area (Å²) in [4.78, 5) is 27.0. The largest absolute Gasteiger partial charge is 0.339 e. The monoisotopic (exact) mass is 222 g/mol. The van der Waals surface area contributed by atoms with Gasteiger partial charge in [0.2, 0.25) is 11.8 Å². The van der Waals surface area contributed by atoms with E-state index in [1.54, 1.807) is 17.1 Å². The summed E-state index contributed by atoms with van der Waals surface area (Å²) in [5, 5.41) is 0. The number of hydrogen-bond donors (Lipinski definition) is 0. The minimum atomic E-state index is 0.0565. The van der Waals surface area contributed by atoms with Crippen LogP contribution in [-0.2, 0) is 9.59 Å². The SMILES string of the molecule is CC=CC(=O)N1CCN(C(=O)C2CC2)CC1. The molecular weight excluding hydrogens is 204 g/mol. The summed E-state index contributed by atoms with van der Waals surface area (Å²) in [5.41, 5.74) is 0. The Balaban J connectivity index is 1.81. The van der Waals surface area contributed by atoms with Crippen LogP contribution in [0.1, 0.15) is 19.8 Å². The Kier molecular flexibility index (Phi) is 3.27. The molecule has 88 valence electrons. The second-order valence-electron chi connectivity index (χ2n) is 4.42. The van der Waals surface area contributed by atoms with Crippen molar-refractivity contribution >= 4 is 11.8 Å². The van der Waals surface area contributed by atoms with E-state index in [1.165, 1.54) is 0 Å². The van der Waals surface area contributed by atoms with E-state index in [0.717, 1.165) is 12.8 Å². The third-order valence-corrected chi connectivity index (χ3v) is 3.14. The van der Waals surface area contributed by atoms with E-state index < -0.39 is 0 Å². The van der Waals surface area contributed by atoms with E-state index in [1.807, 2.05) is 11.8 Å². The van der Waals surface area contributed by atoms with E-state index in [2.05, 4.69) is 0 Å². The average Bonchev–Trinajstić information content (AvgIpc) is 3.12. The number of nitrogens with zero attached hydrogens (tertiary/aromatic N) is 2. The van der Waals surface area contributed by atoms with Crippen LogP contribution < -0.4 is 0 Å². The summed E-state index contributed by atoms with van der Waals surface area (Å²) in [6.07, 6.45) is 5.44. The van der Waals surface area contributed by atoms with Crippen molar-refractivity contribution in [1.82, 2.24) is 9.80 Å². The van der Waals surface area contributed by atoms with Crippen molar-refractivity contribution < 1.29 is 9.59 Å². The second-order valence-corrected chi connectivity index (χ2v) is 4.42. The summed E-state index contributed by atoms with van der Waals surface area (Å²) < 4.78 is 0. The molecule has 0 bridgehead atoms. The highest BCUT2D eigenvalue weighted by Gasteiger charge is 2.34. The third-order valence-electron chi connectivity index (χ3n) is 3.14. The van der Waals surface area contributed by atoms with Crippen LogP contribution in [0.5, 0.6) is 0 Å². The lowest BCUT2D eigenvalue weighted by Crippen LogP contribution is -2.50. The first-order chi connectivity index (χ1) is 7.72. The smallest absolute Gasteiger partial charge is 0.246 e. The van der Waals surface area contributed by atoms with Crippen LogP contribution >= 0.6 is 0 Å². The molecule has 4 heteroatoms. The quantitative estimate of drug-likeness (QED) is 0.643. The first-order valence-corrected chi connectivity index (χ1v) is 5.92. The van der Waals surface area contributed by atoms with Crippen LogP contribution in [0.25, 0.3) is 0 Å². The number of hydrogen-bond acceptors (Lipinski definition) is 2. The highest BCUT2D eigenvalue weighted by Crippen LogP contribution is 2.31. The molecule has 2 rings (SSSR count). The van der Waals surface area contributed by atoms with E-state index in [4.69, 9.17) is 0 Å². The number of rotatable bonds is 2. The molecule has 0 unspecified atom stereocenters. The van der Waals surface area contributed by atoms with Gasteiger partial charge in [0.1, 0.15) is 0 Å². The van der Waals surface area contributed by atoms with Crippen molar-refractivity contribution in [3.05, 3.63) is 12.2 Å². The highest BCUT2D eigenvalue weighted by molar-refractivity contribution is 5.88. The summed E-state index contributed by atoms with van der Waals surface area (Å²) in [6, 6.07) is 0. The maximum absolute atomic E-state index is 11.8. The number of piperazine rings is 1. The third kappa shape index (κ3) is 2.43. The fourth-order valence-electron chi connectivity index (χ4n) is 1.98. The zero-order chi connectivity index (χ0) is 11.5. The zero-order valence-electron chi connectivity index (χ0n) is 9.69. The fraction of sp³-hybridized carbons (Fsp3) is 0.667. The molecular formula is C12H18N2O2. The van der Waals surface area contributed by atoms with Crippen LogP contribution in [0, 0.1) is 5.92 Å². The minimum Gasteiger partial charge on any atom is -0.339 e. The zero-order valence-corrected chi connectivity index (χ0v) is 9.69.